The molecule has 2 N–H and O–H groups in total. The Labute approximate surface area is 136 Å². The number of urea groups is 1. The molecule has 1 aromatic carbocycles. The third-order valence-corrected chi connectivity index (χ3v) is 4.71. The zero-order valence-electron chi connectivity index (χ0n) is 13.9. The van der Waals surface area contributed by atoms with Crippen LogP contribution < -0.4 is 5.32 Å². The average molecular weight is 312 g/mol. The third kappa shape index (κ3) is 3.23. The Balaban J connectivity index is 1.56. The van der Waals surface area contributed by atoms with Crippen molar-refractivity contribution >= 4 is 17.1 Å². The Morgan fingerprint density at radius 1 is 1.52 bits per heavy atom. The van der Waals surface area contributed by atoms with Crippen LogP contribution in [-0.2, 0) is 6.42 Å². The number of carbonyl (C=O) groups is 1. The molecule has 0 bridgehead atoms. The number of imidazole rings is 1. The van der Waals surface area contributed by atoms with Gasteiger partial charge in [-0.1, -0.05) is 12.1 Å². The summed E-state index contributed by atoms with van der Waals surface area (Å²) in [5, 5.41) is 2.98. The maximum Gasteiger partial charge on any atom is 0.317 e. The first-order valence-electron chi connectivity index (χ1n) is 8.18. The highest BCUT2D eigenvalue weighted by molar-refractivity contribution is 5.80. The number of aromatic amines is 1. The minimum Gasteiger partial charge on any atom is -0.342 e. The summed E-state index contributed by atoms with van der Waals surface area (Å²) in [7, 11) is 0. The monoisotopic (exact) mass is 312 g/mol. The van der Waals surface area contributed by atoms with Gasteiger partial charge >= 0.3 is 6.03 Å². The molecule has 5 nitrogen and oxygen atoms in total. The van der Waals surface area contributed by atoms with Crippen LogP contribution in [0.15, 0.2) is 24.8 Å². The maximum absolute atomic E-state index is 12.1. The molecule has 1 aliphatic heterocycles. The summed E-state index contributed by atoms with van der Waals surface area (Å²) in [5.41, 5.74) is 4.54. The van der Waals surface area contributed by atoms with Crippen molar-refractivity contribution in [3.63, 3.8) is 0 Å². The van der Waals surface area contributed by atoms with Crippen LogP contribution in [-0.4, -0.2) is 40.5 Å². The highest BCUT2D eigenvalue weighted by Crippen LogP contribution is 2.19. The first-order chi connectivity index (χ1) is 11.1. The van der Waals surface area contributed by atoms with E-state index in [1.54, 1.807) is 0 Å². The van der Waals surface area contributed by atoms with E-state index >= 15 is 0 Å². The van der Waals surface area contributed by atoms with Gasteiger partial charge in [0.05, 0.1) is 11.0 Å². The van der Waals surface area contributed by atoms with Crippen LogP contribution >= 0.6 is 0 Å². The first-order valence-corrected chi connectivity index (χ1v) is 8.18. The molecule has 1 aromatic heterocycles. The van der Waals surface area contributed by atoms with Crippen molar-refractivity contribution < 1.29 is 4.79 Å². The van der Waals surface area contributed by atoms with Crippen molar-refractivity contribution in [1.29, 1.82) is 0 Å². The Hall–Kier alpha value is -2.30. The number of carbonyl (C=O) groups excluding carboxylic acids is 1. The molecule has 0 aliphatic carbocycles. The average Bonchev–Trinajstić information content (AvgIpc) is 3.18. The molecule has 2 amide bonds. The summed E-state index contributed by atoms with van der Waals surface area (Å²) < 4.78 is 0. The molecule has 0 radical (unpaired) electrons. The van der Waals surface area contributed by atoms with Crippen LogP contribution in [0.1, 0.15) is 23.4 Å². The van der Waals surface area contributed by atoms with Crippen LogP contribution in [0.3, 0.4) is 0 Å². The molecule has 0 saturated carbocycles. The maximum atomic E-state index is 12.1. The number of aromatic nitrogens is 2. The van der Waals surface area contributed by atoms with E-state index < -0.39 is 0 Å². The summed E-state index contributed by atoms with van der Waals surface area (Å²) >= 11 is 0. The second-order valence-corrected chi connectivity index (χ2v) is 6.30. The second kappa shape index (κ2) is 6.44. The fraction of sp³-hybridized carbons (Fsp3) is 0.444. The number of rotatable bonds is 4. The van der Waals surface area contributed by atoms with Crippen LogP contribution in [0, 0.1) is 19.8 Å². The lowest BCUT2D eigenvalue weighted by molar-refractivity contribution is 0.208. The lowest BCUT2D eigenvalue weighted by Crippen LogP contribution is -2.39. The largest absolute Gasteiger partial charge is 0.342 e. The molecular formula is C18H24N4O. The Kier molecular flexibility index (Phi) is 4.37. The fourth-order valence-corrected chi connectivity index (χ4v) is 3.05. The summed E-state index contributed by atoms with van der Waals surface area (Å²) in [6.07, 6.45) is 3.66. The van der Waals surface area contributed by atoms with Gasteiger partial charge in [0.15, 0.2) is 0 Å². The minimum atomic E-state index is 0.0116. The number of nitrogens with zero attached hydrogens (tertiary/aromatic N) is 2. The number of hydrogen-bond donors (Lipinski definition) is 2. The van der Waals surface area contributed by atoms with Crippen LogP contribution in [0.2, 0.25) is 0 Å². The van der Waals surface area contributed by atoms with Gasteiger partial charge in [-0.05, 0) is 43.4 Å². The van der Waals surface area contributed by atoms with Gasteiger partial charge in [0, 0.05) is 26.1 Å². The molecule has 1 atom stereocenters. The predicted molar refractivity (Wildman–Crippen MR) is 92.5 cm³/mol. The van der Waals surface area contributed by atoms with Crippen molar-refractivity contribution in [3.05, 3.63) is 41.7 Å². The van der Waals surface area contributed by atoms with Crippen molar-refractivity contribution in [2.75, 3.05) is 19.6 Å². The lowest BCUT2D eigenvalue weighted by atomic mass is 10.1. The molecule has 0 unspecified atom stereocenters. The van der Waals surface area contributed by atoms with Gasteiger partial charge in [0.2, 0.25) is 0 Å². The van der Waals surface area contributed by atoms with Gasteiger partial charge < -0.3 is 15.2 Å². The zero-order chi connectivity index (χ0) is 16.4. The van der Waals surface area contributed by atoms with Gasteiger partial charge in [-0.25, -0.2) is 9.78 Å². The van der Waals surface area contributed by atoms with E-state index in [1.807, 2.05) is 11.0 Å². The number of hydrogen-bond acceptors (Lipinski definition) is 2. The number of aryl methyl sites for hydroxylation is 2. The zero-order valence-corrected chi connectivity index (χ0v) is 13.9. The quantitative estimate of drug-likeness (QED) is 0.853. The smallest absolute Gasteiger partial charge is 0.317 e. The van der Waals surface area contributed by atoms with Crippen molar-refractivity contribution in [1.82, 2.24) is 20.2 Å². The van der Waals surface area contributed by atoms with Gasteiger partial charge in [0.25, 0.3) is 0 Å². The second-order valence-electron chi connectivity index (χ2n) is 6.30. The van der Waals surface area contributed by atoms with Crippen LogP contribution in [0.4, 0.5) is 4.79 Å². The minimum absolute atomic E-state index is 0.0116. The predicted octanol–water partition coefficient (Wildman–Crippen LogP) is 2.94. The summed E-state index contributed by atoms with van der Waals surface area (Å²) in [5.74, 6) is 1.35. The van der Waals surface area contributed by atoms with E-state index in [0.29, 0.717) is 18.9 Å². The van der Waals surface area contributed by atoms with Gasteiger partial charge in [0.1, 0.15) is 5.82 Å². The Morgan fingerprint density at radius 2 is 2.35 bits per heavy atom. The molecule has 23 heavy (non-hydrogen) atoms. The number of H-pyrrole nitrogens is 1. The number of nitrogens with one attached hydrogen (secondary N) is 2. The van der Waals surface area contributed by atoms with Crippen LogP contribution in [0.5, 0.6) is 0 Å². The molecule has 1 saturated heterocycles. The van der Waals surface area contributed by atoms with Crippen molar-refractivity contribution in [3.8, 4) is 0 Å². The van der Waals surface area contributed by atoms with E-state index in [-0.39, 0.29) is 6.03 Å². The Bertz CT molecular complexity index is 734. The number of likely N-dealkylation sites (tertiary alicyclic amines) is 1. The number of benzene rings is 1. The molecule has 3 rings (SSSR count). The summed E-state index contributed by atoms with van der Waals surface area (Å²) in [4.78, 5) is 22.0. The van der Waals surface area contributed by atoms with Crippen molar-refractivity contribution in [2.45, 2.75) is 26.7 Å². The fourth-order valence-electron chi connectivity index (χ4n) is 3.05. The normalized spacial score (nSPS) is 17.7. The summed E-state index contributed by atoms with van der Waals surface area (Å²) in [6.45, 7) is 10.2. The molecule has 122 valence electrons. The van der Waals surface area contributed by atoms with Gasteiger partial charge in [-0.3, -0.25) is 0 Å². The van der Waals surface area contributed by atoms with Gasteiger partial charge in [-0.15, -0.1) is 6.58 Å². The molecule has 5 heteroatoms. The van der Waals surface area contributed by atoms with E-state index in [0.717, 1.165) is 36.4 Å². The first kappa shape index (κ1) is 15.6. The molecule has 1 aliphatic rings. The van der Waals surface area contributed by atoms with Crippen molar-refractivity contribution in [2.24, 2.45) is 5.92 Å². The summed E-state index contributed by atoms with van der Waals surface area (Å²) in [6, 6.07) is 4.18. The SMILES string of the molecule is C=C[C@@H]1CCN(C(=O)NCCc2nc3c(C)c(C)ccc3[nH]2)C1. The topological polar surface area (TPSA) is 61.0 Å². The lowest BCUT2D eigenvalue weighted by Gasteiger charge is -2.16. The van der Waals surface area contributed by atoms with Gasteiger partial charge in [-0.2, -0.15) is 0 Å². The molecule has 1 fully saturated rings. The van der Waals surface area contributed by atoms with E-state index in [2.05, 4.69) is 47.8 Å². The number of amides is 2. The Morgan fingerprint density at radius 3 is 3.09 bits per heavy atom. The van der Waals surface area contributed by atoms with E-state index in [9.17, 15) is 4.79 Å². The van der Waals surface area contributed by atoms with Crippen LogP contribution in [0.25, 0.3) is 11.0 Å². The standard InChI is InChI=1S/C18H24N4O/c1-4-14-8-10-22(11-14)18(23)19-9-7-16-20-15-6-5-12(2)13(3)17(15)21-16/h4-6,14H,1,7-11H2,2-3H3,(H,19,23)(H,20,21)/t14-/m1/s1. The molecule has 2 heterocycles. The third-order valence-electron chi connectivity index (χ3n) is 4.71. The van der Waals surface area contributed by atoms with E-state index in [4.69, 9.17) is 0 Å². The number of fused-ring (bicyclic) bond motifs is 1. The highest BCUT2D eigenvalue weighted by Gasteiger charge is 2.23. The molecule has 2 aromatic rings. The highest BCUT2D eigenvalue weighted by atomic mass is 16.2. The molecular weight excluding hydrogens is 288 g/mol. The molecule has 0 spiro atoms. The van der Waals surface area contributed by atoms with E-state index in [1.165, 1.54) is 11.1 Å².